The minimum absolute atomic E-state index is 0.147. The lowest BCUT2D eigenvalue weighted by Crippen LogP contribution is -2.46. The lowest BCUT2D eigenvalue weighted by atomic mass is 10.1. The largest absolute Gasteiger partial charge is 0.490 e. The van der Waals surface area contributed by atoms with Crippen LogP contribution < -0.4 is 14.8 Å². The first-order chi connectivity index (χ1) is 10.7. The van der Waals surface area contributed by atoms with Crippen LogP contribution in [0.25, 0.3) is 0 Å². The topological polar surface area (TPSA) is 50.8 Å². The van der Waals surface area contributed by atoms with E-state index in [-0.39, 0.29) is 5.91 Å². The van der Waals surface area contributed by atoms with Gasteiger partial charge in [0, 0.05) is 30.7 Å². The second-order valence-electron chi connectivity index (χ2n) is 5.06. The van der Waals surface area contributed by atoms with Crippen LogP contribution in [0.5, 0.6) is 11.5 Å². The molecule has 1 aliphatic rings. The average molecular weight is 371 g/mol. The van der Waals surface area contributed by atoms with Gasteiger partial charge in [0.2, 0.25) is 5.91 Å². The first-order valence-electron chi connectivity index (χ1n) is 7.72. The third-order valence-corrected chi connectivity index (χ3v) is 4.26. The third-order valence-electron chi connectivity index (χ3n) is 3.52. The number of carbonyl (C=O) groups excluding carboxylic acids is 1. The fourth-order valence-electron chi connectivity index (χ4n) is 2.44. The monoisotopic (exact) mass is 370 g/mol. The van der Waals surface area contributed by atoms with Gasteiger partial charge in [-0.05, 0) is 31.5 Å². The number of hydrogen-bond acceptors (Lipinski definition) is 4. The average Bonchev–Trinajstić information content (AvgIpc) is 2.53. The molecule has 0 atom stereocenters. The van der Waals surface area contributed by atoms with Crippen LogP contribution in [0.15, 0.2) is 16.6 Å². The predicted molar refractivity (Wildman–Crippen MR) is 89.6 cm³/mol. The maximum atomic E-state index is 12.4. The van der Waals surface area contributed by atoms with Crippen molar-refractivity contribution in [3.05, 3.63) is 22.2 Å². The number of benzene rings is 1. The number of carbonyl (C=O) groups is 1. The molecule has 1 amide bonds. The Morgan fingerprint density at radius 3 is 2.36 bits per heavy atom. The second-order valence-corrected chi connectivity index (χ2v) is 5.92. The van der Waals surface area contributed by atoms with Gasteiger partial charge in [-0.3, -0.25) is 4.79 Å². The first kappa shape index (κ1) is 17.1. The maximum absolute atomic E-state index is 12.4. The van der Waals surface area contributed by atoms with E-state index in [4.69, 9.17) is 9.47 Å². The molecular weight excluding hydrogens is 348 g/mol. The molecule has 0 spiro atoms. The zero-order valence-electron chi connectivity index (χ0n) is 13.2. The molecule has 122 valence electrons. The summed E-state index contributed by atoms with van der Waals surface area (Å²) in [5.74, 6) is 1.54. The van der Waals surface area contributed by atoms with Gasteiger partial charge in [0.05, 0.1) is 19.6 Å². The van der Waals surface area contributed by atoms with Gasteiger partial charge in [-0.2, -0.15) is 0 Å². The van der Waals surface area contributed by atoms with Crippen molar-refractivity contribution in [3.8, 4) is 11.5 Å². The lowest BCUT2D eigenvalue weighted by Gasteiger charge is -2.27. The van der Waals surface area contributed by atoms with Crippen LogP contribution in [-0.2, 0) is 11.2 Å². The van der Waals surface area contributed by atoms with Crippen molar-refractivity contribution in [1.82, 2.24) is 10.2 Å². The van der Waals surface area contributed by atoms with Gasteiger partial charge >= 0.3 is 0 Å². The van der Waals surface area contributed by atoms with E-state index in [1.54, 1.807) is 0 Å². The summed E-state index contributed by atoms with van der Waals surface area (Å²) >= 11 is 3.54. The fourth-order valence-corrected chi connectivity index (χ4v) is 2.90. The Morgan fingerprint density at radius 1 is 1.18 bits per heavy atom. The molecule has 0 saturated carbocycles. The Balaban J connectivity index is 2.15. The molecule has 1 aliphatic heterocycles. The number of nitrogens with one attached hydrogen (secondary N) is 1. The van der Waals surface area contributed by atoms with Crippen molar-refractivity contribution >= 4 is 21.8 Å². The van der Waals surface area contributed by atoms with Crippen LogP contribution in [0, 0.1) is 0 Å². The molecule has 0 radical (unpaired) electrons. The molecule has 1 N–H and O–H groups in total. The van der Waals surface area contributed by atoms with Gasteiger partial charge in [-0.25, -0.2) is 0 Å². The van der Waals surface area contributed by atoms with Crippen LogP contribution >= 0.6 is 15.9 Å². The number of halogens is 1. The number of nitrogens with zero attached hydrogens (tertiary/aromatic N) is 1. The van der Waals surface area contributed by atoms with E-state index in [1.807, 2.05) is 30.9 Å². The highest BCUT2D eigenvalue weighted by atomic mass is 79.9. The summed E-state index contributed by atoms with van der Waals surface area (Å²) in [5.41, 5.74) is 0.926. The number of piperazine rings is 1. The molecule has 1 heterocycles. The van der Waals surface area contributed by atoms with E-state index in [1.165, 1.54) is 0 Å². The Hall–Kier alpha value is -1.27. The van der Waals surface area contributed by atoms with Crippen molar-refractivity contribution < 1.29 is 14.3 Å². The molecule has 0 aromatic heterocycles. The molecule has 6 heteroatoms. The van der Waals surface area contributed by atoms with Crippen LogP contribution in [-0.4, -0.2) is 50.2 Å². The number of amides is 1. The Bertz CT molecular complexity index is 516. The van der Waals surface area contributed by atoms with E-state index in [9.17, 15) is 4.79 Å². The molecule has 2 rings (SSSR count). The summed E-state index contributed by atoms with van der Waals surface area (Å²) < 4.78 is 12.1. The van der Waals surface area contributed by atoms with Gasteiger partial charge in [0.15, 0.2) is 11.5 Å². The zero-order valence-corrected chi connectivity index (χ0v) is 14.7. The summed E-state index contributed by atoms with van der Waals surface area (Å²) in [5, 5.41) is 3.25. The zero-order chi connectivity index (χ0) is 15.9. The molecule has 0 unspecified atom stereocenters. The summed E-state index contributed by atoms with van der Waals surface area (Å²) in [4.78, 5) is 14.3. The highest BCUT2D eigenvalue weighted by Gasteiger charge is 2.19. The van der Waals surface area contributed by atoms with Gasteiger partial charge in [-0.1, -0.05) is 15.9 Å². The SMILES string of the molecule is CCOc1cc(Br)c(CC(=O)N2CCNCC2)cc1OCC. The number of ether oxygens (including phenoxy) is 2. The molecule has 1 fully saturated rings. The van der Waals surface area contributed by atoms with Crippen molar-refractivity contribution in [2.24, 2.45) is 0 Å². The van der Waals surface area contributed by atoms with Crippen molar-refractivity contribution in [3.63, 3.8) is 0 Å². The van der Waals surface area contributed by atoms with E-state index >= 15 is 0 Å². The first-order valence-corrected chi connectivity index (χ1v) is 8.51. The summed E-state index contributed by atoms with van der Waals surface area (Å²) in [6.45, 7) is 8.27. The van der Waals surface area contributed by atoms with E-state index in [0.29, 0.717) is 31.1 Å². The Morgan fingerprint density at radius 2 is 1.77 bits per heavy atom. The minimum atomic E-state index is 0.147. The van der Waals surface area contributed by atoms with Crippen LogP contribution in [0.2, 0.25) is 0 Å². The van der Waals surface area contributed by atoms with Gasteiger partial charge < -0.3 is 19.7 Å². The summed E-state index contributed by atoms with van der Waals surface area (Å²) in [6.07, 6.45) is 0.368. The molecule has 0 aliphatic carbocycles. The smallest absolute Gasteiger partial charge is 0.227 e. The molecule has 22 heavy (non-hydrogen) atoms. The van der Waals surface area contributed by atoms with Crippen molar-refractivity contribution in [2.45, 2.75) is 20.3 Å². The van der Waals surface area contributed by atoms with E-state index < -0.39 is 0 Å². The van der Waals surface area contributed by atoms with Gasteiger partial charge in [0.25, 0.3) is 0 Å². The molecule has 1 aromatic carbocycles. The Kier molecular flexibility index (Phi) is 6.51. The van der Waals surface area contributed by atoms with Crippen molar-refractivity contribution in [1.29, 1.82) is 0 Å². The van der Waals surface area contributed by atoms with Crippen LogP contribution in [0.4, 0.5) is 0 Å². The minimum Gasteiger partial charge on any atom is -0.490 e. The van der Waals surface area contributed by atoms with Gasteiger partial charge in [-0.15, -0.1) is 0 Å². The van der Waals surface area contributed by atoms with Gasteiger partial charge in [0.1, 0.15) is 0 Å². The van der Waals surface area contributed by atoms with Crippen molar-refractivity contribution in [2.75, 3.05) is 39.4 Å². The van der Waals surface area contributed by atoms with Crippen LogP contribution in [0.1, 0.15) is 19.4 Å². The van der Waals surface area contributed by atoms with Crippen LogP contribution in [0.3, 0.4) is 0 Å². The predicted octanol–water partition coefficient (Wildman–Crippen LogP) is 2.22. The molecule has 0 bridgehead atoms. The fraction of sp³-hybridized carbons (Fsp3) is 0.562. The quantitative estimate of drug-likeness (QED) is 0.833. The molecule has 1 aromatic rings. The maximum Gasteiger partial charge on any atom is 0.227 e. The molecule has 5 nitrogen and oxygen atoms in total. The molecule has 1 saturated heterocycles. The molecular formula is C16H23BrN2O3. The van der Waals surface area contributed by atoms with E-state index in [0.717, 1.165) is 36.2 Å². The summed E-state index contributed by atoms with van der Waals surface area (Å²) in [6, 6.07) is 3.79. The number of rotatable bonds is 6. The normalized spacial score (nSPS) is 14.8. The van der Waals surface area contributed by atoms with E-state index in [2.05, 4.69) is 21.2 Å². The number of hydrogen-bond donors (Lipinski definition) is 1. The summed E-state index contributed by atoms with van der Waals surface area (Å²) in [7, 11) is 0. The second kappa shape index (κ2) is 8.39. The lowest BCUT2D eigenvalue weighted by molar-refractivity contribution is -0.131. The standard InChI is InChI=1S/C16H23BrN2O3/c1-3-21-14-9-12(13(17)11-15(14)22-4-2)10-16(20)19-7-5-18-6-8-19/h9,11,18H,3-8,10H2,1-2H3. The highest BCUT2D eigenvalue weighted by molar-refractivity contribution is 9.10. The third kappa shape index (κ3) is 4.36. The Labute approximate surface area is 140 Å². The highest BCUT2D eigenvalue weighted by Crippen LogP contribution is 2.34.